The molecule has 1 N–H and O–H groups in total. The Kier molecular flexibility index (Phi) is 6.95. The third-order valence-electron chi connectivity index (χ3n) is 6.06. The number of aryl methyl sites for hydroxylation is 1. The molecule has 0 amide bonds. The number of aromatic nitrogens is 2. The summed E-state index contributed by atoms with van der Waals surface area (Å²) in [4.78, 5) is 14.7. The lowest BCUT2D eigenvalue weighted by atomic mass is 10.0. The molecule has 5 nitrogen and oxygen atoms in total. The molecule has 162 valence electrons. The first-order chi connectivity index (χ1) is 15.1. The number of benzene rings is 2. The average Bonchev–Trinajstić information content (AvgIpc) is 2.82. The summed E-state index contributed by atoms with van der Waals surface area (Å²) < 4.78 is 0. The van der Waals surface area contributed by atoms with Gasteiger partial charge in [0.25, 0.3) is 0 Å². The largest absolute Gasteiger partial charge is 0.392 e. The number of hydrogen-bond acceptors (Lipinski definition) is 5. The minimum Gasteiger partial charge on any atom is -0.392 e. The Morgan fingerprint density at radius 2 is 1.55 bits per heavy atom. The van der Waals surface area contributed by atoms with E-state index < -0.39 is 0 Å². The van der Waals surface area contributed by atoms with E-state index in [9.17, 15) is 5.11 Å². The Bertz CT molecular complexity index is 969. The molecule has 0 radical (unpaired) electrons. The van der Waals surface area contributed by atoms with Crippen molar-refractivity contribution in [3.8, 4) is 11.4 Å². The molecule has 0 saturated carbocycles. The lowest BCUT2D eigenvalue weighted by Crippen LogP contribution is -2.49. The van der Waals surface area contributed by atoms with Crippen LogP contribution < -0.4 is 4.90 Å². The lowest BCUT2D eigenvalue weighted by Gasteiger charge is -2.37. The highest BCUT2D eigenvalue weighted by Gasteiger charge is 2.24. The maximum atomic E-state index is 10.0. The van der Waals surface area contributed by atoms with Gasteiger partial charge >= 0.3 is 0 Å². The van der Waals surface area contributed by atoms with Crippen LogP contribution in [0.2, 0.25) is 0 Å². The molecule has 1 atom stereocenters. The monoisotopic (exact) mass is 416 g/mol. The van der Waals surface area contributed by atoms with Crippen LogP contribution in [0.1, 0.15) is 30.2 Å². The van der Waals surface area contributed by atoms with E-state index in [-0.39, 0.29) is 6.10 Å². The normalized spacial score (nSPS) is 15.8. The van der Waals surface area contributed by atoms with Gasteiger partial charge in [0.15, 0.2) is 5.82 Å². The molecule has 1 fully saturated rings. The fourth-order valence-electron chi connectivity index (χ4n) is 4.14. The van der Waals surface area contributed by atoms with Crippen LogP contribution in [-0.2, 0) is 6.42 Å². The second-order valence-electron chi connectivity index (χ2n) is 8.31. The van der Waals surface area contributed by atoms with Crippen LogP contribution in [-0.4, -0.2) is 58.8 Å². The van der Waals surface area contributed by atoms with E-state index in [1.807, 2.05) is 25.1 Å². The summed E-state index contributed by atoms with van der Waals surface area (Å²) in [6.45, 7) is 8.57. The fraction of sp³-hybridized carbons (Fsp3) is 0.385. The molecule has 5 heteroatoms. The van der Waals surface area contributed by atoms with Crippen LogP contribution in [0, 0.1) is 6.92 Å². The van der Waals surface area contributed by atoms with Crippen molar-refractivity contribution in [2.24, 2.45) is 0 Å². The molecular weight excluding hydrogens is 384 g/mol. The highest BCUT2D eigenvalue weighted by molar-refractivity contribution is 5.61. The van der Waals surface area contributed by atoms with Crippen molar-refractivity contribution < 1.29 is 5.11 Å². The molecule has 3 aromatic rings. The van der Waals surface area contributed by atoms with Gasteiger partial charge in [0.1, 0.15) is 5.82 Å². The zero-order chi connectivity index (χ0) is 21.6. The van der Waals surface area contributed by atoms with E-state index in [1.54, 1.807) is 0 Å². The van der Waals surface area contributed by atoms with Gasteiger partial charge in [0.05, 0.1) is 6.10 Å². The number of piperazine rings is 1. The highest BCUT2D eigenvalue weighted by Crippen LogP contribution is 2.28. The van der Waals surface area contributed by atoms with Crippen molar-refractivity contribution in [1.82, 2.24) is 14.9 Å². The minimum atomic E-state index is -0.244. The average molecular weight is 417 g/mol. The van der Waals surface area contributed by atoms with Crippen molar-refractivity contribution in [2.45, 2.75) is 32.8 Å². The summed E-state index contributed by atoms with van der Waals surface area (Å²) in [6.07, 6.45) is 1.38. The van der Waals surface area contributed by atoms with Crippen molar-refractivity contribution in [1.29, 1.82) is 0 Å². The third kappa shape index (κ3) is 5.30. The molecule has 1 aliphatic rings. The number of hydrogen-bond donors (Lipinski definition) is 1. The molecule has 2 aromatic carbocycles. The predicted molar refractivity (Wildman–Crippen MR) is 126 cm³/mol. The van der Waals surface area contributed by atoms with Crippen LogP contribution in [0.15, 0.2) is 60.7 Å². The molecule has 1 unspecified atom stereocenters. The Morgan fingerprint density at radius 1 is 0.903 bits per heavy atom. The van der Waals surface area contributed by atoms with Gasteiger partial charge in [-0.15, -0.1) is 0 Å². The van der Waals surface area contributed by atoms with Gasteiger partial charge in [0.2, 0.25) is 0 Å². The second-order valence-corrected chi connectivity index (χ2v) is 8.31. The van der Waals surface area contributed by atoms with Gasteiger partial charge in [0, 0.05) is 56.0 Å². The fourth-order valence-corrected chi connectivity index (χ4v) is 4.14. The van der Waals surface area contributed by atoms with E-state index in [4.69, 9.17) is 9.97 Å². The van der Waals surface area contributed by atoms with Crippen LogP contribution in [0.4, 0.5) is 5.82 Å². The highest BCUT2D eigenvalue weighted by atomic mass is 16.3. The quantitative estimate of drug-likeness (QED) is 0.632. The molecule has 31 heavy (non-hydrogen) atoms. The van der Waals surface area contributed by atoms with Gasteiger partial charge < -0.3 is 10.0 Å². The molecule has 0 bridgehead atoms. The van der Waals surface area contributed by atoms with E-state index >= 15 is 0 Å². The number of aliphatic hydroxyl groups is 1. The molecule has 1 aliphatic heterocycles. The first-order valence-electron chi connectivity index (χ1n) is 11.3. The van der Waals surface area contributed by atoms with E-state index in [0.29, 0.717) is 0 Å². The number of rotatable bonds is 7. The number of nitrogens with zero attached hydrogens (tertiary/aromatic N) is 4. The smallest absolute Gasteiger partial charge is 0.161 e. The third-order valence-corrected chi connectivity index (χ3v) is 6.06. The van der Waals surface area contributed by atoms with Crippen molar-refractivity contribution >= 4 is 5.82 Å². The first-order valence-corrected chi connectivity index (χ1v) is 11.3. The summed E-state index contributed by atoms with van der Waals surface area (Å²) in [7, 11) is 0. The number of aliphatic hydroxyl groups excluding tert-OH is 1. The lowest BCUT2D eigenvalue weighted by molar-refractivity contribution is 0.106. The number of anilines is 1. The molecule has 1 saturated heterocycles. The molecular formula is C26H32N4O. The summed E-state index contributed by atoms with van der Waals surface area (Å²) in [6, 6.07) is 20.8. The van der Waals surface area contributed by atoms with Crippen LogP contribution >= 0.6 is 0 Å². The Labute approximate surface area is 185 Å². The number of β-amino-alcohol motifs (C(OH)–C–C–N with tert-alkyl or cyclic N) is 1. The standard InChI is InChI=1S/C26H32N4O/c1-3-23(31)19-29-14-16-30(17-15-29)26-24(18-21-10-6-4-7-11-21)20(2)27-25(28-26)22-12-8-5-9-13-22/h4-13,23,31H,3,14-19H2,1-2H3. The maximum Gasteiger partial charge on any atom is 0.161 e. The molecule has 4 rings (SSSR count). The zero-order valence-corrected chi connectivity index (χ0v) is 18.5. The zero-order valence-electron chi connectivity index (χ0n) is 18.5. The van der Waals surface area contributed by atoms with Crippen LogP contribution in [0.5, 0.6) is 0 Å². The Hall–Kier alpha value is -2.76. The SMILES string of the molecule is CCC(O)CN1CCN(c2nc(-c3ccccc3)nc(C)c2Cc2ccccc2)CC1. The van der Waals surface area contributed by atoms with Gasteiger partial charge in [-0.2, -0.15) is 0 Å². The second kappa shape index (κ2) is 10.0. The van der Waals surface area contributed by atoms with Crippen molar-refractivity contribution in [2.75, 3.05) is 37.6 Å². The summed E-state index contributed by atoms with van der Waals surface area (Å²) in [5.41, 5.74) is 4.56. The Morgan fingerprint density at radius 3 is 2.19 bits per heavy atom. The summed E-state index contributed by atoms with van der Waals surface area (Å²) in [5, 5.41) is 10.0. The summed E-state index contributed by atoms with van der Waals surface area (Å²) >= 11 is 0. The molecule has 2 heterocycles. The molecule has 1 aromatic heterocycles. The van der Waals surface area contributed by atoms with Gasteiger partial charge in [-0.25, -0.2) is 9.97 Å². The minimum absolute atomic E-state index is 0.244. The topological polar surface area (TPSA) is 52.5 Å². The van der Waals surface area contributed by atoms with E-state index in [0.717, 1.165) is 68.5 Å². The van der Waals surface area contributed by atoms with Gasteiger partial charge in [-0.3, -0.25) is 4.90 Å². The molecule has 0 spiro atoms. The van der Waals surface area contributed by atoms with Gasteiger partial charge in [-0.1, -0.05) is 67.6 Å². The summed E-state index contributed by atoms with van der Waals surface area (Å²) in [5.74, 6) is 1.83. The van der Waals surface area contributed by atoms with Crippen molar-refractivity contribution in [3.05, 3.63) is 77.5 Å². The van der Waals surface area contributed by atoms with Gasteiger partial charge in [-0.05, 0) is 18.9 Å². The van der Waals surface area contributed by atoms with E-state index in [1.165, 1.54) is 11.1 Å². The van der Waals surface area contributed by atoms with Crippen LogP contribution in [0.25, 0.3) is 11.4 Å². The molecule has 0 aliphatic carbocycles. The van der Waals surface area contributed by atoms with E-state index in [2.05, 4.69) is 59.2 Å². The first kappa shape index (κ1) is 21.5. The predicted octanol–water partition coefficient (Wildman–Crippen LogP) is 3.94. The van der Waals surface area contributed by atoms with Crippen molar-refractivity contribution in [3.63, 3.8) is 0 Å². The van der Waals surface area contributed by atoms with Crippen LogP contribution in [0.3, 0.4) is 0 Å². The Balaban J connectivity index is 1.64. The maximum absolute atomic E-state index is 10.0.